The molecule has 2 aliphatic rings. The summed E-state index contributed by atoms with van der Waals surface area (Å²) in [5, 5.41) is 15.6. The Morgan fingerprint density at radius 2 is 1.78 bits per heavy atom. The van der Waals surface area contributed by atoms with Crippen molar-refractivity contribution < 1.29 is 0 Å². The van der Waals surface area contributed by atoms with Gasteiger partial charge in [0.2, 0.25) is 0 Å². The van der Waals surface area contributed by atoms with Gasteiger partial charge in [0.1, 0.15) is 5.82 Å². The van der Waals surface area contributed by atoms with Gasteiger partial charge < -0.3 is 10.6 Å². The van der Waals surface area contributed by atoms with Gasteiger partial charge in [0, 0.05) is 12.0 Å². The smallest absolute Gasteiger partial charge is 0.148 e. The number of hydrogen-bond acceptors (Lipinski definition) is 4. The number of nitrogens with zero attached hydrogens (tertiary/aromatic N) is 2. The van der Waals surface area contributed by atoms with Gasteiger partial charge in [-0.05, 0) is 50.9 Å². The largest absolute Gasteiger partial charge is 0.366 e. The molecule has 1 aromatic rings. The van der Waals surface area contributed by atoms with Crippen LogP contribution in [-0.4, -0.2) is 29.3 Å². The van der Waals surface area contributed by atoms with Crippen molar-refractivity contribution in [3.63, 3.8) is 0 Å². The van der Waals surface area contributed by atoms with Crippen molar-refractivity contribution in [2.45, 2.75) is 50.5 Å². The molecule has 4 heteroatoms. The molecule has 0 amide bonds. The monoisotopic (exact) mass is 246 g/mol. The van der Waals surface area contributed by atoms with Crippen LogP contribution in [-0.2, 0) is 0 Å². The molecule has 0 radical (unpaired) electrons. The SMILES string of the molecule is c1cc(C2CCCC2)nnc1NC1CCNCC1. The Morgan fingerprint density at radius 1 is 1.00 bits per heavy atom. The van der Waals surface area contributed by atoms with Gasteiger partial charge in [-0.3, -0.25) is 0 Å². The second-order valence-electron chi connectivity index (χ2n) is 5.49. The van der Waals surface area contributed by atoms with Crippen molar-refractivity contribution in [2.75, 3.05) is 18.4 Å². The second-order valence-corrected chi connectivity index (χ2v) is 5.49. The van der Waals surface area contributed by atoms with Crippen LogP contribution in [0.25, 0.3) is 0 Å². The third-order valence-corrected chi connectivity index (χ3v) is 4.15. The van der Waals surface area contributed by atoms with Gasteiger partial charge >= 0.3 is 0 Å². The molecule has 0 bridgehead atoms. The van der Waals surface area contributed by atoms with Crippen molar-refractivity contribution in [1.29, 1.82) is 0 Å². The van der Waals surface area contributed by atoms with Gasteiger partial charge in [0.25, 0.3) is 0 Å². The summed E-state index contributed by atoms with van der Waals surface area (Å²) in [6, 6.07) is 4.81. The first-order chi connectivity index (χ1) is 8.92. The summed E-state index contributed by atoms with van der Waals surface area (Å²) < 4.78 is 0. The molecule has 2 fully saturated rings. The molecule has 1 saturated carbocycles. The van der Waals surface area contributed by atoms with Gasteiger partial charge in [0.05, 0.1) is 5.69 Å². The fourth-order valence-corrected chi connectivity index (χ4v) is 3.03. The van der Waals surface area contributed by atoms with Crippen molar-refractivity contribution in [2.24, 2.45) is 0 Å². The van der Waals surface area contributed by atoms with E-state index in [4.69, 9.17) is 0 Å². The normalized spacial score (nSPS) is 22.2. The quantitative estimate of drug-likeness (QED) is 0.859. The van der Waals surface area contributed by atoms with E-state index < -0.39 is 0 Å². The van der Waals surface area contributed by atoms with Crippen LogP contribution in [0.4, 0.5) is 5.82 Å². The number of piperidine rings is 1. The highest BCUT2D eigenvalue weighted by molar-refractivity contribution is 5.35. The maximum absolute atomic E-state index is 4.40. The minimum absolute atomic E-state index is 0.554. The molecule has 3 rings (SSSR count). The Hall–Kier alpha value is -1.16. The molecule has 1 saturated heterocycles. The molecular formula is C14H22N4. The van der Waals surface area contributed by atoms with Gasteiger partial charge in [-0.2, -0.15) is 5.10 Å². The minimum Gasteiger partial charge on any atom is -0.366 e. The standard InChI is InChI=1S/C14H22N4/c1-2-4-11(3-1)13-5-6-14(18-17-13)16-12-7-9-15-10-8-12/h5-6,11-12,15H,1-4,7-10H2,(H,16,18). The molecule has 4 nitrogen and oxygen atoms in total. The summed E-state index contributed by atoms with van der Waals surface area (Å²) in [5.41, 5.74) is 1.18. The second kappa shape index (κ2) is 5.65. The highest BCUT2D eigenvalue weighted by Gasteiger charge is 2.19. The summed E-state index contributed by atoms with van der Waals surface area (Å²) in [5.74, 6) is 1.59. The Labute approximate surface area is 109 Å². The molecule has 0 atom stereocenters. The lowest BCUT2D eigenvalue weighted by atomic mass is 10.0. The lowest BCUT2D eigenvalue weighted by Gasteiger charge is -2.24. The van der Waals surface area contributed by atoms with Gasteiger partial charge in [-0.1, -0.05) is 12.8 Å². The molecule has 1 aliphatic carbocycles. The van der Waals surface area contributed by atoms with Crippen LogP contribution in [0.1, 0.15) is 50.1 Å². The number of hydrogen-bond donors (Lipinski definition) is 2. The van der Waals surface area contributed by atoms with Gasteiger partial charge in [0.15, 0.2) is 0 Å². The number of aromatic nitrogens is 2. The summed E-state index contributed by atoms with van der Waals surface area (Å²) >= 11 is 0. The van der Waals surface area contributed by atoms with E-state index >= 15 is 0 Å². The zero-order chi connectivity index (χ0) is 12.2. The van der Waals surface area contributed by atoms with Crippen molar-refractivity contribution in [3.05, 3.63) is 17.8 Å². The predicted molar refractivity (Wildman–Crippen MR) is 72.8 cm³/mol. The average Bonchev–Trinajstić information content (AvgIpc) is 2.95. The first-order valence-corrected chi connectivity index (χ1v) is 7.23. The zero-order valence-electron chi connectivity index (χ0n) is 10.9. The van der Waals surface area contributed by atoms with E-state index in [9.17, 15) is 0 Å². The first kappa shape index (κ1) is 11.9. The van der Waals surface area contributed by atoms with Crippen LogP contribution in [0, 0.1) is 0 Å². The van der Waals surface area contributed by atoms with Crippen LogP contribution in [0.2, 0.25) is 0 Å². The average molecular weight is 246 g/mol. The highest BCUT2D eigenvalue weighted by Crippen LogP contribution is 2.32. The van der Waals surface area contributed by atoms with E-state index in [0.717, 1.165) is 18.9 Å². The van der Waals surface area contributed by atoms with E-state index in [2.05, 4.69) is 33.0 Å². The third kappa shape index (κ3) is 2.80. The van der Waals surface area contributed by atoms with Crippen LogP contribution in [0.3, 0.4) is 0 Å². The molecular weight excluding hydrogens is 224 g/mol. The molecule has 2 heterocycles. The highest BCUT2D eigenvalue weighted by atomic mass is 15.2. The summed E-state index contributed by atoms with van der Waals surface area (Å²) in [6.45, 7) is 2.20. The van der Waals surface area contributed by atoms with E-state index in [1.165, 1.54) is 44.2 Å². The van der Waals surface area contributed by atoms with E-state index in [-0.39, 0.29) is 0 Å². The fourth-order valence-electron chi connectivity index (χ4n) is 3.03. The topological polar surface area (TPSA) is 49.8 Å². The van der Waals surface area contributed by atoms with Crippen molar-refractivity contribution in [3.8, 4) is 0 Å². The maximum atomic E-state index is 4.40. The van der Waals surface area contributed by atoms with Crippen LogP contribution in [0.15, 0.2) is 12.1 Å². The van der Waals surface area contributed by atoms with Gasteiger partial charge in [-0.15, -0.1) is 5.10 Å². The van der Waals surface area contributed by atoms with Crippen LogP contribution >= 0.6 is 0 Å². The predicted octanol–water partition coefficient (Wildman–Crippen LogP) is 2.30. The Kier molecular flexibility index (Phi) is 3.74. The van der Waals surface area contributed by atoms with E-state index in [1.54, 1.807) is 0 Å². The van der Waals surface area contributed by atoms with E-state index in [1.807, 2.05) is 0 Å². The Morgan fingerprint density at radius 3 is 2.44 bits per heavy atom. The molecule has 1 aliphatic heterocycles. The fraction of sp³-hybridized carbons (Fsp3) is 0.714. The first-order valence-electron chi connectivity index (χ1n) is 7.23. The Balaban J connectivity index is 1.59. The zero-order valence-corrected chi connectivity index (χ0v) is 10.9. The molecule has 18 heavy (non-hydrogen) atoms. The third-order valence-electron chi connectivity index (χ3n) is 4.15. The van der Waals surface area contributed by atoms with E-state index in [0.29, 0.717) is 12.0 Å². The van der Waals surface area contributed by atoms with Crippen molar-refractivity contribution in [1.82, 2.24) is 15.5 Å². The minimum atomic E-state index is 0.554. The molecule has 0 unspecified atom stereocenters. The molecule has 98 valence electrons. The van der Waals surface area contributed by atoms with Crippen LogP contribution < -0.4 is 10.6 Å². The molecule has 2 N–H and O–H groups in total. The molecule has 1 aromatic heterocycles. The van der Waals surface area contributed by atoms with Crippen molar-refractivity contribution >= 4 is 5.82 Å². The lowest BCUT2D eigenvalue weighted by Crippen LogP contribution is -2.35. The number of anilines is 1. The number of nitrogens with one attached hydrogen (secondary N) is 2. The summed E-state index contributed by atoms with van der Waals surface area (Å²) in [6.07, 6.45) is 7.62. The molecule has 0 spiro atoms. The van der Waals surface area contributed by atoms with Crippen LogP contribution in [0.5, 0.6) is 0 Å². The molecule has 0 aromatic carbocycles. The number of rotatable bonds is 3. The lowest BCUT2D eigenvalue weighted by molar-refractivity contribution is 0.477. The maximum Gasteiger partial charge on any atom is 0.148 e. The summed E-state index contributed by atoms with van der Waals surface area (Å²) in [4.78, 5) is 0. The Bertz CT molecular complexity index is 364. The summed E-state index contributed by atoms with van der Waals surface area (Å²) in [7, 11) is 0. The van der Waals surface area contributed by atoms with Gasteiger partial charge in [-0.25, -0.2) is 0 Å².